The predicted octanol–water partition coefficient (Wildman–Crippen LogP) is 3.44. The summed E-state index contributed by atoms with van der Waals surface area (Å²) >= 11 is 7.87. The number of halogens is 1. The average molecular weight is 327 g/mol. The molecule has 2 aromatic rings. The molecular formula is C15H19ClN2O2S. The lowest BCUT2D eigenvalue weighted by Gasteiger charge is -2.18. The maximum atomic E-state index is 6.23. The quantitative estimate of drug-likeness (QED) is 0.792. The van der Waals surface area contributed by atoms with E-state index in [4.69, 9.17) is 21.1 Å². The van der Waals surface area contributed by atoms with Crippen molar-refractivity contribution in [1.29, 1.82) is 0 Å². The Bertz CT molecular complexity index is 589. The van der Waals surface area contributed by atoms with Crippen LogP contribution >= 0.6 is 22.9 Å². The first-order chi connectivity index (χ1) is 10.2. The topological polar surface area (TPSA) is 43.4 Å². The first kappa shape index (κ1) is 16.2. The Hall–Kier alpha value is -1.14. The molecule has 0 aliphatic heterocycles. The summed E-state index contributed by atoms with van der Waals surface area (Å²) in [5.41, 5.74) is 2.08. The van der Waals surface area contributed by atoms with Gasteiger partial charge in [0.05, 0.1) is 24.8 Å². The maximum Gasteiger partial charge on any atom is 0.137 e. The number of hydrogen-bond donors (Lipinski definition) is 1. The van der Waals surface area contributed by atoms with E-state index in [0.717, 1.165) is 22.8 Å². The Kier molecular flexibility index (Phi) is 5.99. The van der Waals surface area contributed by atoms with Crippen molar-refractivity contribution in [3.05, 3.63) is 44.9 Å². The third-order valence-electron chi connectivity index (χ3n) is 3.05. The van der Waals surface area contributed by atoms with Crippen molar-refractivity contribution in [2.45, 2.75) is 13.0 Å². The average Bonchev–Trinajstić information content (AvgIpc) is 2.90. The first-order valence-corrected chi connectivity index (χ1v) is 7.89. The highest BCUT2D eigenvalue weighted by molar-refractivity contribution is 7.09. The number of thiazole rings is 1. The van der Waals surface area contributed by atoms with Gasteiger partial charge in [-0.2, -0.15) is 0 Å². The van der Waals surface area contributed by atoms with Gasteiger partial charge < -0.3 is 14.8 Å². The third-order valence-corrected chi connectivity index (χ3v) is 4.37. The van der Waals surface area contributed by atoms with Gasteiger partial charge in [-0.25, -0.2) is 4.98 Å². The molecule has 0 radical (unpaired) electrons. The van der Waals surface area contributed by atoms with Crippen LogP contribution in [-0.2, 0) is 4.74 Å². The largest absolute Gasteiger partial charge is 0.495 e. The molecule has 21 heavy (non-hydrogen) atoms. The Morgan fingerprint density at radius 2 is 2.19 bits per heavy atom. The molecule has 4 nitrogen and oxygen atoms in total. The van der Waals surface area contributed by atoms with Crippen molar-refractivity contribution in [2.75, 3.05) is 27.4 Å². The van der Waals surface area contributed by atoms with Gasteiger partial charge in [0.1, 0.15) is 10.8 Å². The molecule has 1 N–H and O–H groups in total. The van der Waals surface area contributed by atoms with Crippen LogP contribution in [0.25, 0.3) is 0 Å². The second-order valence-corrected chi connectivity index (χ2v) is 5.90. The van der Waals surface area contributed by atoms with Crippen LogP contribution in [0.1, 0.15) is 22.3 Å². The van der Waals surface area contributed by atoms with E-state index in [9.17, 15) is 0 Å². The van der Waals surface area contributed by atoms with Gasteiger partial charge >= 0.3 is 0 Å². The van der Waals surface area contributed by atoms with Gasteiger partial charge in [-0.1, -0.05) is 17.7 Å². The third kappa shape index (κ3) is 4.17. The minimum absolute atomic E-state index is 0.00209. The van der Waals surface area contributed by atoms with Crippen LogP contribution in [0.15, 0.2) is 23.6 Å². The molecule has 6 heteroatoms. The van der Waals surface area contributed by atoms with E-state index >= 15 is 0 Å². The molecule has 0 saturated heterocycles. The molecule has 1 aromatic carbocycles. The minimum Gasteiger partial charge on any atom is -0.495 e. The summed E-state index contributed by atoms with van der Waals surface area (Å²) in [4.78, 5) is 4.58. The fourth-order valence-corrected chi connectivity index (χ4v) is 3.18. The Morgan fingerprint density at radius 3 is 2.76 bits per heavy atom. The number of ether oxygens (including phenoxy) is 2. The molecule has 1 heterocycles. The maximum absolute atomic E-state index is 6.23. The molecule has 114 valence electrons. The number of methoxy groups -OCH3 is 2. The van der Waals surface area contributed by atoms with Gasteiger partial charge in [0, 0.05) is 24.7 Å². The zero-order valence-electron chi connectivity index (χ0n) is 12.4. The van der Waals surface area contributed by atoms with Gasteiger partial charge in [-0.05, 0) is 24.6 Å². The highest BCUT2D eigenvalue weighted by Gasteiger charge is 2.18. The van der Waals surface area contributed by atoms with Crippen LogP contribution in [0.2, 0.25) is 5.02 Å². The van der Waals surface area contributed by atoms with E-state index < -0.39 is 0 Å². The van der Waals surface area contributed by atoms with E-state index in [-0.39, 0.29) is 6.04 Å². The summed E-state index contributed by atoms with van der Waals surface area (Å²) in [6.45, 7) is 3.38. The zero-order valence-corrected chi connectivity index (χ0v) is 13.9. The molecule has 0 aliphatic carbocycles. The van der Waals surface area contributed by atoms with E-state index in [1.54, 1.807) is 25.6 Å². The van der Waals surface area contributed by atoms with Crippen molar-refractivity contribution >= 4 is 22.9 Å². The molecule has 2 rings (SSSR count). The van der Waals surface area contributed by atoms with Gasteiger partial charge in [0.2, 0.25) is 0 Å². The molecule has 1 unspecified atom stereocenters. The number of hydrogen-bond acceptors (Lipinski definition) is 5. The van der Waals surface area contributed by atoms with Crippen molar-refractivity contribution in [1.82, 2.24) is 10.3 Å². The fraction of sp³-hybridized carbons (Fsp3) is 0.400. The summed E-state index contributed by atoms with van der Waals surface area (Å²) < 4.78 is 10.3. The van der Waals surface area contributed by atoms with Crippen molar-refractivity contribution in [2.24, 2.45) is 0 Å². The van der Waals surface area contributed by atoms with Gasteiger partial charge in [-0.3, -0.25) is 0 Å². The minimum atomic E-state index is 0.00209. The monoisotopic (exact) mass is 326 g/mol. The molecule has 0 fully saturated rings. The summed E-state index contributed by atoms with van der Waals surface area (Å²) in [6, 6.07) is 5.80. The van der Waals surface area contributed by atoms with Crippen LogP contribution in [0.3, 0.4) is 0 Å². The van der Waals surface area contributed by atoms with Crippen LogP contribution in [-0.4, -0.2) is 32.4 Å². The second kappa shape index (κ2) is 7.75. The molecule has 0 amide bonds. The number of rotatable bonds is 7. The molecule has 0 saturated carbocycles. The molecule has 0 spiro atoms. The number of benzene rings is 1. The normalized spacial score (nSPS) is 12.4. The van der Waals surface area contributed by atoms with Crippen molar-refractivity contribution < 1.29 is 9.47 Å². The second-order valence-electron chi connectivity index (χ2n) is 4.60. The van der Waals surface area contributed by atoms with Crippen LogP contribution in [0, 0.1) is 6.92 Å². The van der Waals surface area contributed by atoms with Crippen LogP contribution in [0.5, 0.6) is 5.75 Å². The summed E-state index contributed by atoms with van der Waals surface area (Å²) in [5, 5.41) is 7.12. The predicted molar refractivity (Wildman–Crippen MR) is 86.6 cm³/mol. The Labute approximate surface area is 134 Å². The molecule has 1 atom stereocenters. The SMILES string of the molecule is COCCNC(c1ccc(OC)c(Cl)c1)c1nc(C)cs1. The van der Waals surface area contributed by atoms with Crippen LogP contribution in [0.4, 0.5) is 0 Å². The summed E-state index contributed by atoms with van der Waals surface area (Å²) in [7, 11) is 3.30. The lowest BCUT2D eigenvalue weighted by Crippen LogP contribution is -2.26. The Morgan fingerprint density at radius 1 is 1.38 bits per heavy atom. The standard InChI is InChI=1S/C15H19ClN2O2S/c1-10-9-21-15(18-10)14(17-6-7-19-2)11-4-5-13(20-3)12(16)8-11/h4-5,8-9,14,17H,6-7H2,1-3H3. The zero-order chi connectivity index (χ0) is 15.2. The van der Waals surface area contributed by atoms with Crippen molar-refractivity contribution in [3.8, 4) is 5.75 Å². The number of nitrogens with one attached hydrogen (secondary N) is 1. The number of aryl methyl sites for hydroxylation is 1. The van der Waals surface area contributed by atoms with E-state index in [1.165, 1.54) is 0 Å². The number of aromatic nitrogens is 1. The highest BCUT2D eigenvalue weighted by Crippen LogP contribution is 2.31. The lowest BCUT2D eigenvalue weighted by molar-refractivity contribution is 0.197. The molecule has 0 aliphatic rings. The molecule has 0 bridgehead atoms. The van der Waals surface area contributed by atoms with E-state index in [1.807, 2.05) is 30.5 Å². The van der Waals surface area contributed by atoms with Gasteiger partial charge in [-0.15, -0.1) is 11.3 Å². The number of nitrogens with zero attached hydrogens (tertiary/aromatic N) is 1. The van der Waals surface area contributed by atoms with Crippen LogP contribution < -0.4 is 10.1 Å². The molecule has 1 aromatic heterocycles. The lowest BCUT2D eigenvalue weighted by atomic mass is 10.1. The molecular weight excluding hydrogens is 308 g/mol. The van der Waals surface area contributed by atoms with E-state index in [0.29, 0.717) is 17.4 Å². The van der Waals surface area contributed by atoms with Crippen molar-refractivity contribution in [3.63, 3.8) is 0 Å². The van der Waals surface area contributed by atoms with E-state index in [2.05, 4.69) is 10.3 Å². The summed E-state index contributed by atoms with van der Waals surface area (Å²) in [6.07, 6.45) is 0. The van der Waals surface area contributed by atoms with Gasteiger partial charge in [0.25, 0.3) is 0 Å². The summed E-state index contributed by atoms with van der Waals surface area (Å²) in [5.74, 6) is 0.673. The van der Waals surface area contributed by atoms with Gasteiger partial charge in [0.15, 0.2) is 0 Å². The highest BCUT2D eigenvalue weighted by atomic mass is 35.5. The first-order valence-electron chi connectivity index (χ1n) is 6.63. The Balaban J connectivity index is 2.27. The smallest absolute Gasteiger partial charge is 0.137 e. The fourth-order valence-electron chi connectivity index (χ4n) is 2.02.